The Bertz CT molecular complexity index is 1470. The van der Waals surface area contributed by atoms with Crippen molar-refractivity contribution in [3.8, 4) is 11.8 Å². The Morgan fingerprint density at radius 1 is 1.17 bits per heavy atom. The number of anilines is 1. The number of hydrogen-bond donors (Lipinski definition) is 4. The number of hydrogen-bond acceptors (Lipinski definition) is 9. The molecule has 4 aliphatic rings. The number of amides is 1. The van der Waals surface area contributed by atoms with Gasteiger partial charge in [0, 0.05) is 17.5 Å². The predicted octanol–water partition coefficient (Wildman–Crippen LogP) is 3.05. The van der Waals surface area contributed by atoms with Crippen molar-refractivity contribution in [1.82, 2.24) is 20.3 Å². The van der Waals surface area contributed by atoms with Crippen LogP contribution in [0.4, 0.5) is 10.2 Å². The van der Waals surface area contributed by atoms with Gasteiger partial charge in [-0.1, -0.05) is 18.0 Å². The molecular weight excluding hydrogens is 557 g/mol. The summed E-state index contributed by atoms with van der Waals surface area (Å²) in [6.07, 6.45) is 2.47. The molecule has 2 aliphatic carbocycles. The van der Waals surface area contributed by atoms with Crippen LogP contribution in [0.2, 0.25) is 5.02 Å². The Labute approximate surface area is 240 Å². The number of H-pyrrole nitrogens is 1. The molecule has 7 rings (SSSR count). The first-order valence-electron chi connectivity index (χ1n) is 14.1. The summed E-state index contributed by atoms with van der Waals surface area (Å²) >= 11 is 6.54. The topological polar surface area (TPSA) is 140 Å². The van der Waals surface area contributed by atoms with Crippen molar-refractivity contribution in [2.75, 3.05) is 31.7 Å². The summed E-state index contributed by atoms with van der Waals surface area (Å²) in [5, 5.41) is 16.5. The van der Waals surface area contributed by atoms with Gasteiger partial charge in [-0.25, -0.2) is 9.37 Å². The fraction of sp³-hybridized carbons (Fsp3) is 0.536. The summed E-state index contributed by atoms with van der Waals surface area (Å²) in [5.41, 5.74) is 2.40. The maximum absolute atomic E-state index is 15.3. The van der Waals surface area contributed by atoms with Gasteiger partial charge in [-0.05, 0) is 43.4 Å². The number of aliphatic hydroxyl groups excluding tert-OH is 1. The minimum Gasteiger partial charge on any atom is -0.492 e. The summed E-state index contributed by atoms with van der Waals surface area (Å²) in [4.78, 5) is 24.0. The second kappa shape index (κ2) is 10.9. The monoisotopic (exact) mass is 587 g/mol. The highest BCUT2D eigenvalue weighted by Gasteiger charge is 2.48. The molecule has 3 fully saturated rings. The molecular formula is C28H31ClFN5O6. The van der Waals surface area contributed by atoms with Crippen LogP contribution >= 0.6 is 11.6 Å². The number of imidazole rings is 1. The first kappa shape index (κ1) is 26.7. The fourth-order valence-electron chi connectivity index (χ4n) is 5.98. The number of fused-ring (bicyclic) bond motifs is 3. The molecule has 13 heteroatoms. The number of carbonyl (C=O) groups excluding carboxylic acids is 1. The average molecular weight is 588 g/mol. The molecule has 1 amide bonds. The van der Waals surface area contributed by atoms with Gasteiger partial charge in [-0.2, -0.15) is 4.98 Å². The summed E-state index contributed by atoms with van der Waals surface area (Å²) in [6.45, 7) is 1.15. The molecule has 218 valence electrons. The molecule has 2 aliphatic heterocycles. The first-order valence-corrected chi connectivity index (χ1v) is 14.4. The SMILES string of the molecule is O=C(NCCOc1cc(F)c2c(c1)CCC2Nc1nc2nc(O[C@@H]3CO[C@H]4[C@@H]3OC[C@H]4O)[nH]c2cc1Cl)C1CCC1. The van der Waals surface area contributed by atoms with Crippen molar-refractivity contribution in [3.05, 3.63) is 40.2 Å². The van der Waals surface area contributed by atoms with E-state index >= 15 is 4.39 Å². The van der Waals surface area contributed by atoms with E-state index in [1.54, 1.807) is 6.07 Å². The van der Waals surface area contributed by atoms with Crippen LogP contribution in [0.3, 0.4) is 0 Å². The number of benzene rings is 1. The summed E-state index contributed by atoms with van der Waals surface area (Å²) in [6, 6.07) is 4.85. The number of ether oxygens (including phenoxy) is 4. The van der Waals surface area contributed by atoms with E-state index in [-0.39, 0.29) is 55.6 Å². The Morgan fingerprint density at radius 2 is 2.02 bits per heavy atom. The third kappa shape index (κ3) is 5.18. The number of aliphatic hydroxyl groups is 1. The smallest absolute Gasteiger partial charge is 0.296 e. The van der Waals surface area contributed by atoms with Crippen LogP contribution in [0.15, 0.2) is 18.2 Å². The number of pyridine rings is 1. The number of nitrogens with one attached hydrogen (secondary N) is 3. The van der Waals surface area contributed by atoms with Gasteiger partial charge >= 0.3 is 0 Å². The molecule has 4 heterocycles. The zero-order valence-electron chi connectivity index (χ0n) is 22.2. The second-order valence-corrected chi connectivity index (χ2v) is 11.4. The highest BCUT2D eigenvalue weighted by Crippen LogP contribution is 2.39. The van der Waals surface area contributed by atoms with Crippen LogP contribution in [-0.2, 0) is 20.7 Å². The zero-order chi connectivity index (χ0) is 28.1. The molecule has 1 saturated carbocycles. The maximum Gasteiger partial charge on any atom is 0.296 e. The number of halogens is 2. The molecule has 11 nitrogen and oxygen atoms in total. The van der Waals surface area contributed by atoms with Crippen molar-refractivity contribution >= 4 is 34.5 Å². The van der Waals surface area contributed by atoms with Gasteiger partial charge in [-0.3, -0.25) is 4.79 Å². The van der Waals surface area contributed by atoms with Crippen LogP contribution in [-0.4, -0.2) is 76.7 Å². The predicted molar refractivity (Wildman–Crippen MR) is 146 cm³/mol. The van der Waals surface area contributed by atoms with Crippen LogP contribution in [0.25, 0.3) is 11.2 Å². The fourth-order valence-corrected chi connectivity index (χ4v) is 6.19. The van der Waals surface area contributed by atoms with Gasteiger partial charge < -0.3 is 39.7 Å². The molecule has 3 aromatic rings. The number of aromatic amines is 1. The van der Waals surface area contributed by atoms with Crippen LogP contribution < -0.4 is 20.1 Å². The molecule has 0 radical (unpaired) electrons. The minimum atomic E-state index is -0.668. The van der Waals surface area contributed by atoms with Crippen LogP contribution in [0.5, 0.6) is 11.8 Å². The quantitative estimate of drug-likeness (QED) is 0.278. The second-order valence-electron chi connectivity index (χ2n) is 11.0. The normalized spacial score (nSPS) is 27.0. The minimum absolute atomic E-state index is 0.0684. The highest BCUT2D eigenvalue weighted by molar-refractivity contribution is 6.33. The average Bonchev–Trinajstić information content (AvgIpc) is 3.68. The molecule has 2 aromatic heterocycles. The van der Waals surface area contributed by atoms with E-state index in [1.807, 2.05) is 6.07 Å². The lowest BCUT2D eigenvalue weighted by atomic mass is 9.85. The van der Waals surface area contributed by atoms with Crippen LogP contribution in [0.1, 0.15) is 42.9 Å². The molecule has 4 N–H and O–H groups in total. The number of rotatable bonds is 9. The highest BCUT2D eigenvalue weighted by atomic mass is 35.5. The number of aromatic nitrogens is 3. The first-order chi connectivity index (χ1) is 19.9. The van der Waals surface area contributed by atoms with Gasteiger partial charge in [0.25, 0.3) is 6.01 Å². The summed E-state index contributed by atoms with van der Waals surface area (Å²) < 4.78 is 38.2. The van der Waals surface area contributed by atoms with E-state index in [9.17, 15) is 9.90 Å². The Hall–Kier alpha value is -3.19. The number of aryl methyl sites for hydroxylation is 1. The van der Waals surface area contributed by atoms with E-state index in [4.69, 9.17) is 30.5 Å². The van der Waals surface area contributed by atoms with E-state index < -0.39 is 18.3 Å². The molecule has 5 atom stereocenters. The van der Waals surface area contributed by atoms with Crippen molar-refractivity contribution in [1.29, 1.82) is 0 Å². The zero-order valence-corrected chi connectivity index (χ0v) is 23.0. The van der Waals surface area contributed by atoms with Crippen molar-refractivity contribution in [2.24, 2.45) is 5.92 Å². The van der Waals surface area contributed by atoms with E-state index in [0.29, 0.717) is 52.7 Å². The lowest BCUT2D eigenvalue weighted by Gasteiger charge is -2.24. The largest absolute Gasteiger partial charge is 0.492 e. The Morgan fingerprint density at radius 3 is 2.85 bits per heavy atom. The van der Waals surface area contributed by atoms with Gasteiger partial charge in [-0.15, -0.1) is 0 Å². The molecule has 41 heavy (non-hydrogen) atoms. The van der Waals surface area contributed by atoms with Gasteiger partial charge in [0.1, 0.15) is 42.3 Å². The van der Waals surface area contributed by atoms with Crippen molar-refractivity contribution < 1.29 is 33.2 Å². The van der Waals surface area contributed by atoms with E-state index in [1.165, 1.54) is 6.07 Å². The van der Waals surface area contributed by atoms with Crippen molar-refractivity contribution in [3.63, 3.8) is 0 Å². The van der Waals surface area contributed by atoms with Crippen molar-refractivity contribution in [2.45, 2.75) is 62.6 Å². The Balaban J connectivity index is 0.998. The van der Waals surface area contributed by atoms with E-state index in [2.05, 4.69) is 25.6 Å². The third-order valence-electron chi connectivity index (χ3n) is 8.35. The van der Waals surface area contributed by atoms with E-state index in [0.717, 1.165) is 24.8 Å². The lowest BCUT2D eigenvalue weighted by molar-refractivity contribution is -0.127. The van der Waals surface area contributed by atoms with Crippen LogP contribution in [0, 0.1) is 11.7 Å². The van der Waals surface area contributed by atoms with Gasteiger partial charge in [0.15, 0.2) is 11.8 Å². The molecule has 1 aromatic carbocycles. The van der Waals surface area contributed by atoms with Gasteiger partial charge in [0.05, 0.1) is 36.3 Å². The molecule has 0 bridgehead atoms. The summed E-state index contributed by atoms with van der Waals surface area (Å²) in [7, 11) is 0. The standard InChI is InChI=1S/C28H31ClFN5O6/c29-16-10-19-26(35-28(33-19)41-21-12-40-23-20(36)11-39-24(21)23)34-25(16)32-18-5-4-14-8-15(9-17(30)22(14)18)38-7-6-31-27(37)13-2-1-3-13/h8-10,13,18,20-21,23-24,36H,1-7,11-12H2,(H,31,37)(H2,32,33,34,35)/t18?,20-,21-,23-,24-/m1/s1. The molecule has 1 unspecified atom stereocenters. The van der Waals surface area contributed by atoms with Gasteiger partial charge in [0.2, 0.25) is 5.91 Å². The molecule has 0 spiro atoms. The Kier molecular flexibility index (Phi) is 7.10. The summed E-state index contributed by atoms with van der Waals surface area (Å²) in [5.74, 6) is 0.664. The third-order valence-corrected chi connectivity index (χ3v) is 8.63. The molecule has 2 saturated heterocycles. The maximum atomic E-state index is 15.3. The lowest BCUT2D eigenvalue weighted by Crippen LogP contribution is -2.36. The number of carbonyl (C=O) groups is 1. The number of nitrogens with zero attached hydrogens (tertiary/aromatic N) is 2.